The van der Waals surface area contributed by atoms with Crippen LogP contribution in [-0.4, -0.2) is 118 Å². The number of carbonyl (C=O) groups excluding carboxylic acids is 5. The minimum atomic E-state index is -1.09. The van der Waals surface area contributed by atoms with E-state index in [2.05, 4.69) is 10.6 Å². The van der Waals surface area contributed by atoms with Crippen molar-refractivity contribution in [3.63, 3.8) is 0 Å². The Hall–Kier alpha value is -3.43. The van der Waals surface area contributed by atoms with Gasteiger partial charge in [-0.15, -0.1) is 0 Å². The number of benzene rings is 1. The predicted molar refractivity (Wildman–Crippen MR) is 132 cm³/mol. The average Bonchev–Trinajstić information content (AvgIpc) is 3.17. The van der Waals surface area contributed by atoms with E-state index in [9.17, 15) is 24.0 Å². The van der Waals surface area contributed by atoms with Crippen molar-refractivity contribution in [2.75, 3.05) is 72.6 Å². The highest BCUT2D eigenvalue weighted by molar-refractivity contribution is 6.24. The first-order chi connectivity index (χ1) is 18.9. The average molecular weight is 552 g/mol. The molecule has 1 aromatic carbocycles. The number of aliphatic hydroxyl groups is 1. The maximum atomic E-state index is 13.0. The van der Waals surface area contributed by atoms with Crippen molar-refractivity contribution in [1.29, 1.82) is 0 Å². The summed E-state index contributed by atoms with van der Waals surface area (Å²) in [5, 5.41) is 13.3. The number of carbonyl (C=O) groups is 5. The van der Waals surface area contributed by atoms with Gasteiger partial charge in [-0.25, -0.2) is 0 Å². The number of amides is 5. The lowest BCUT2D eigenvalue weighted by Gasteiger charge is -2.27. The zero-order valence-electron chi connectivity index (χ0n) is 21.5. The van der Waals surface area contributed by atoms with Crippen molar-refractivity contribution >= 4 is 29.5 Å². The molecule has 0 aliphatic carbocycles. The van der Waals surface area contributed by atoms with E-state index in [0.717, 1.165) is 4.90 Å². The van der Waals surface area contributed by atoms with Gasteiger partial charge in [0.15, 0.2) is 6.61 Å². The molecule has 0 spiro atoms. The van der Waals surface area contributed by atoms with Gasteiger partial charge in [-0.05, 0) is 18.6 Å². The number of hydrogen-bond acceptors (Lipinski definition) is 11. The summed E-state index contributed by atoms with van der Waals surface area (Å²) in [6.45, 7) is 2.70. The number of piperidine rings is 1. The molecule has 1 saturated heterocycles. The fraction of sp³-hybridized carbons (Fsp3) is 0.560. The Morgan fingerprint density at radius 2 is 1.56 bits per heavy atom. The maximum Gasteiger partial charge on any atom is 0.266 e. The first-order valence-electron chi connectivity index (χ1n) is 12.6. The van der Waals surface area contributed by atoms with E-state index in [0.29, 0.717) is 39.6 Å². The van der Waals surface area contributed by atoms with Crippen LogP contribution in [0.25, 0.3) is 0 Å². The summed E-state index contributed by atoms with van der Waals surface area (Å²) >= 11 is 0. The minimum absolute atomic E-state index is 0.0164. The molecule has 39 heavy (non-hydrogen) atoms. The van der Waals surface area contributed by atoms with Gasteiger partial charge in [0.25, 0.3) is 17.7 Å². The lowest BCUT2D eigenvalue weighted by molar-refractivity contribution is -0.136. The van der Waals surface area contributed by atoms with Crippen LogP contribution < -0.4 is 15.4 Å². The number of aliphatic hydroxyl groups excluding tert-OH is 1. The minimum Gasteiger partial charge on any atom is -0.483 e. The number of fused-ring (bicyclic) bond motifs is 1. The van der Waals surface area contributed by atoms with E-state index < -0.39 is 42.2 Å². The predicted octanol–water partition coefficient (Wildman–Crippen LogP) is -1.36. The Bertz CT molecular complexity index is 1030. The van der Waals surface area contributed by atoms with Crippen molar-refractivity contribution in [3.8, 4) is 5.75 Å². The molecule has 0 aromatic heterocycles. The lowest BCUT2D eigenvalue weighted by Crippen LogP contribution is -2.54. The van der Waals surface area contributed by atoms with Gasteiger partial charge in [-0.3, -0.25) is 34.2 Å². The molecule has 214 valence electrons. The molecule has 1 aromatic rings. The number of rotatable bonds is 18. The molecule has 3 N–H and O–H groups in total. The zero-order chi connectivity index (χ0) is 28.0. The fourth-order valence-corrected chi connectivity index (χ4v) is 3.89. The molecule has 5 amide bonds. The molecule has 1 atom stereocenters. The summed E-state index contributed by atoms with van der Waals surface area (Å²) < 4.78 is 26.6. The number of hydrogen-bond donors (Lipinski definition) is 3. The summed E-state index contributed by atoms with van der Waals surface area (Å²) in [6.07, 6.45) is 0.0580. The Morgan fingerprint density at radius 1 is 0.923 bits per heavy atom. The first kappa shape index (κ1) is 30.1. The highest BCUT2D eigenvalue weighted by Crippen LogP contribution is 2.33. The van der Waals surface area contributed by atoms with Crippen LogP contribution in [0.1, 0.15) is 33.6 Å². The number of ether oxygens (including phenoxy) is 5. The van der Waals surface area contributed by atoms with Crippen molar-refractivity contribution in [1.82, 2.24) is 15.5 Å². The van der Waals surface area contributed by atoms with Crippen LogP contribution in [0.4, 0.5) is 0 Å². The van der Waals surface area contributed by atoms with E-state index in [1.54, 1.807) is 0 Å². The molecule has 1 unspecified atom stereocenters. The van der Waals surface area contributed by atoms with E-state index >= 15 is 0 Å². The van der Waals surface area contributed by atoms with Gasteiger partial charge in [0.2, 0.25) is 11.8 Å². The van der Waals surface area contributed by atoms with Crippen LogP contribution in [0.2, 0.25) is 0 Å². The fourth-order valence-electron chi connectivity index (χ4n) is 3.89. The van der Waals surface area contributed by atoms with Gasteiger partial charge in [0.1, 0.15) is 11.8 Å². The molecule has 14 heteroatoms. The highest BCUT2D eigenvalue weighted by Gasteiger charge is 2.46. The van der Waals surface area contributed by atoms with Gasteiger partial charge in [0, 0.05) is 13.0 Å². The Morgan fingerprint density at radius 3 is 2.21 bits per heavy atom. The number of imide groups is 2. The Labute approximate surface area is 224 Å². The Kier molecular flexibility index (Phi) is 12.2. The molecule has 0 saturated carbocycles. The topological polar surface area (TPSA) is 179 Å². The third kappa shape index (κ3) is 8.80. The molecule has 0 radical (unpaired) electrons. The smallest absolute Gasteiger partial charge is 0.266 e. The third-order valence-electron chi connectivity index (χ3n) is 5.71. The highest BCUT2D eigenvalue weighted by atomic mass is 16.6. The summed E-state index contributed by atoms with van der Waals surface area (Å²) in [5.74, 6) is -2.94. The molecule has 14 nitrogen and oxygen atoms in total. The second kappa shape index (κ2) is 15.9. The maximum absolute atomic E-state index is 13.0. The van der Waals surface area contributed by atoms with Crippen LogP contribution in [0.15, 0.2) is 18.2 Å². The first-order valence-corrected chi connectivity index (χ1v) is 12.6. The van der Waals surface area contributed by atoms with Crippen LogP contribution in [0.3, 0.4) is 0 Å². The van der Waals surface area contributed by atoms with Gasteiger partial charge in [-0.2, -0.15) is 0 Å². The molecule has 2 aliphatic rings. The number of nitrogens with zero attached hydrogens (tertiary/aromatic N) is 1. The lowest BCUT2D eigenvalue weighted by atomic mass is 10.0. The second-order valence-electron chi connectivity index (χ2n) is 8.44. The van der Waals surface area contributed by atoms with Crippen LogP contribution in [-0.2, 0) is 33.3 Å². The molecular formula is C25H33N3O11. The largest absolute Gasteiger partial charge is 0.483 e. The van der Waals surface area contributed by atoms with Crippen LogP contribution >= 0.6 is 0 Å². The third-order valence-corrected chi connectivity index (χ3v) is 5.71. The summed E-state index contributed by atoms with van der Waals surface area (Å²) in [5.41, 5.74) is 0.0422. The van der Waals surface area contributed by atoms with Gasteiger partial charge < -0.3 is 34.1 Å². The van der Waals surface area contributed by atoms with Crippen molar-refractivity contribution < 1.29 is 52.8 Å². The molecule has 3 rings (SSSR count). The SMILES string of the molecule is O=C(COc1cccc2c1C(=O)N(C1CCC(=O)NC1=O)C2=O)NCCOCCOCCOCCOCCO. The molecule has 0 bridgehead atoms. The molecular weight excluding hydrogens is 518 g/mol. The number of nitrogens with one attached hydrogen (secondary N) is 2. The quantitative estimate of drug-likeness (QED) is 0.145. The summed E-state index contributed by atoms with van der Waals surface area (Å²) in [7, 11) is 0. The van der Waals surface area contributed by atoms with Crippen LogP contribution in [0, 0.1) is 0 Å². The van der Waals surface area contributed by atoms with Crippen molar-refractivity contribution in [2.24, 2.45) is 0 Å². The summed E-state index contributed by atoms with van der Waals surface area (Å²) in [4.78, 5) is 62.5. The Balaban J connectivity index is 1.31. The van der Waals surface area contributed by atoms with Crippen molar-refractivity contribution in [2.45, 2.75) is 18.9 Å². The monoisotopic (exact) mass is 551 g/mol. The molecule has 2 aliphatic heterocycles. The van der Waals surface area contributed by atoms with Crippen LogP contribution in [0.5, 0.6) is 5.75 Å². The van der Waals surface area contributed by atoms with E-state index in [1.165, 1.54) is 18.2 Å². The van der Waals surface area contributed by atoms with E-state index in [4.69, 9.17) is 28.8 Å². The standard InChI is InChI=1S/C25H33N3O11/c29-7-9-36-11-13-38-15-14-37-12-10-35-8-6-26-21(31)16-39-19-3-1-2-17-22(19)25(34)28(24(17)33)18-4-5-20(30)27-23(18)32/h1-3,18,29H,4-16H2,(H,26,31)(H,27,30,32). The second-order valence-corrected chi connectivity index (χ2v) is 8.44. The normalized spacial score (nSPS) is 16.8. The zero-order valence-corrected chi connectivity index (χ0v) is 21.5. The van der Waals surface area contributed by atoms with Gasteiger partial charge >= 0.3 is 0 Å². The summed E-state index contributed by atoms with van der Waals surface area (Å²) in [6, 6.07) is 3.33. The molecule has 2 heterocycles. The van der Waals surface area contributed by atoms with Gasteiger partial charge in [-0.1, -0.05) is 6.07 Å². The van der Waals surface area contributed by atoms with Gasteiger partial charge in [0.05, 0.1) is 70.6 Å². The van der Waals surface area contributed by atoms with Crippen molar-refractivity contribution in [3.05, 3.63) is 29.3 Å². The molecule has 1 fully saturated rings. The van der Waals surface area contributed by atoms with E-state index in [1.807, 2.05) is 0 Å². The van der Waals surface area contributed by atoms with E-state index in [-0.39, 0.29) is 56.1 Å².